The number of hydrogen-bond acceptors (Lipinski definition) is 2. The maximum Gasteiger partial charge on any atom is 0.119 e. The molecular formula is C14H9BrClNO. The molecular weight excluding hydrogens is 314 g/mol. The lowest BCUT2D eigenvalue weighted by Gasteiger charge is -2.08. The number of halogens is 2. The summed E-state index contributed by atoms with van der Waals surface area (Å²) < 4.78 is 6.54. The zero-order valence-electron chi connectivity index (χ0n) is 9.36. The summed E-state index contributed by atoms with van der Waals surface area (Å²) in [5, 5.41) is 9.35. The van der Waals surface area contributed by atoms with Crippen molar-refractivity contribution in [3.8, 4) is 11.8 Å². The molecule has 0 aliphatic rings. The summed E-state index contributed by atoms with van der Waals surface area (Å²) in [4.78, 5) is 0. The second-order valence-electron chi connectivity index (χ2n) is 3.66. The van der Waals surface area contributed by atoms with Crippen molar-refractivity contribution < 1.29 is 4.74 Å². The zero-order chi connectivity index (χ0) is 13.0. The largest absolute Gasteiger partial charge is 0.489 e. The lowest BCUT2D eigenvalue weighted by molar-refractivity contribution is 0.306. The van der Waals surface area contributed by atoms with Gasteiger partial charge in [-0.15, -0.1) is 0 Å². The van der Waals surface area contributed by atoms with Gasteiger partial charge in [-0.05, 0) is 36.4 Å². The Bertz CT molecular complexity index is 590. The predicted molar refractivity (Wildman–Crippen MR) is 74.6 cm³/mol. The molecule has 0 amide bonds. The molecule has 2 nitrogen and oxygen atoms in total. The maximum atomic E-state index is 8.69. The van der Waals surface area contributed by atoms with Crippen LogP contribution in [0, 0.1) is 11.3 Å². The van der Waals surface area contributed by atoms with Gasteiger partial charge in [0, 0.05) is 15.1 Å². The summed E-state index contributed by atoms with van der Waals surface area (Å²) in [6.45, 7) is 0.401. The molecule has 0 unspecified atom stereocenters. The summed E-state index contributed by atoms with van der Waals surface area (Å²) in [6, 6.07) is 14.7. The van der Waals surface area contributed by atoms with Crippen LogP contribution in [0.3, 0.4) is 0 Å². The molecule has 90 valence electrons. The fourth-order valence-corrected chi connectivity index (χ4v) is 2.15. The molecule has 0 spiro atoms. The van der Waals surface area contributed by atoms with E-state index >= 15 is 0 Å². The van der Waals surface area contributed by atoms with Gasteiger partial charge in [0.25, 0.3) is 0 Å². The van der Waals surface area contributed by atoms with Crippen LogP contribution in [0.1, 0.15) is 11.1 Å². The molecule has 0 aromatic heterocycles. The molecule has 0 radical (unpaired) electrons. The van der Waals surface area contributed by atoms with Crippen LogP contribution in [0.5, 0.6) is 5.75 Å². The van der Waals surface area contributed by atoms with Gasteiger partial charge in [0.15, 0.2) is 0 Å². The van der Waals surface area contributed by atoms with E-state index in [1.165, 1.54) is 0 Å². The van der Waals surface area contributed by atoms with Crippen LogP contribution in [0.25, 0.3) is 0 Å². The zero-order valence-corrected chi connectivity index (χ0v) is 11.7. The van der Waals surface area contributed by atoms with Crippen molar-refractivity contribution in [1.82, 2.24) is 0 Å². The van der Waals surface area contributed by atoms with Crippen LogP contribution >= 0.6 is 27.5 Å². The van der Waals surface area contributed by atoms with Crippen molar-refractivity contribution >= 4 is 27.5 Å². The van der Waals surface area contributed by atoms with Crippen molar-refractivity contribution in [1.29, 1.82) is 5.26 Å². The fourth-order valence-electron chi connectivity index (χ4n) is 1.43. The average Bonchev–Trinajstić information content (AvgIpc) is 2.38. The van der Waals surface area contributed by atoms with Crippen molar-refractivity contribution in [3.63, 3.8) is 0 Å². The van der Waals surface area contributed by atoms with E-state index in [-0.39, 0.29) is 0 Å². The van der Waals surface area contributed by atoms with E-state index in [4.69, 9.17) is 21.6 Å². The van der Waals surface area contributed by atoms with Gasteiger partial charge in [-0.1, -0.05) is 33.6 Å². The Hall–Kier alpha value is -1.50. The smallest absolute Gasteiger partial charge is 0.119 e. The minimum Gasteiger partial charge on any atom is -0.489 e. The molecule has 0 N–H and O–H groups in total. The van der Waals surface area contributed by atoms with Crippen molar-refractivity contribution in [2.75, 3.05) is 0 Å². The second kappa shape index (κ2) is 5.90. The van der Waals surface area contributed by atoms with E-state index in [1.54, 1.807) is 24.3 Å². The normalized spacial score (nSPS) is 9.83. The topological polar surface area (TPSA) is 33.0 Å². The van der Waals surface area contributed by atoms with Crippen LogP contribution in [0.2, 0.25) is 5.02 Å². The predicted octanol–water partition coefficient (Wildman–Crippen LogP) is 4.55. The molecule has 0 saturated carbocycles. The summed E-state index contributed by atoms with van der Waals surface area (Å²) >= 11 is 9.44. The first-order valence-electron chi connectivity index (χ1n) is 5.26. The summed E-state index contributed by atoms with van der Waals surface area (Å²) in [5.74, 6) is 0.716. The molecule has 0 aliphatic carbocycles. The van der Waals surface area contributed by atoms with Crippen LogP contribution in [-0.4, -0.2) is 0 Å². The fraction of sp³-hybridized carbons (Fsp3) is 0.0714. The van der Waals surface area contributed by atoms with E-state index in [0.29, 0.717) is 22.9 Å². The maximum absolute atomic E-state index is 8.69. The molecule has 0 heterocycles. The third kappa shape index (κ3) is 3.25. The molecule has 2 aromatic carbocycles. The Morgan fingerprint density at radius 2 is 1.89 bits per heavy atom. The Balaban J connectivity index is 2.04. The molecule has 0 bridgehead atoms. The third-order valence-electron chi connectivity index (χ3n) is 2.39. The molecule has 18 heavy (non-hydrogen) atoms. The van der Waals surface area contributed by atoms with E-state index in [2.05, 4.69) is 22.0 Å². The number of nitriles is 1. The van der Waals surface area contributed by atoms with E-state index in [9.17, 15) is 0 Å². The number of ether oxygens (including phenoxy) is 1. The van der Waals surface area contributed by atoms with Gasteiger partial charge in [0.05, 0.1) is 11.6 Å². The Morgan fingerprint density at radius 3 is 2.50 bits per heavy atom. The van der Waals surface area contributed by atoms with Crippen LogP contribution in [-0.2, 0) is 6.61 Å². The first kappa shape index (κ1) is 12.9. The molecule has 0 aliphatic heterocycles. The van der Waals surface area contributed by atoms with Crippen molar-refractivity contribution in [2.45, 2.75) is 6.61 Å². The van der Waals surface area contributed by atoms with Gasteiger partial charge in [-0.2, -0.15) is 5.26 Å². The molecule has 2 aromatic rings. The second-order valence-corrected chi connectivity index (χ2v) is 4.98. The first-order valence-corrected chi connectivity index (χ1v) is 6.43. The highest BCUT2D eigenvalue weighted by atomic mass is 79.9. The minimum atomic E-state index is 0.401. The number of benzene rings is 2. The molecule has 2 rings (SSSR count). The molecule has 0 atom stereocenters. The first-order chi connectivity index (χ1) is 8.69. The summed E-state index contributed by atoms with van der Waals surface area (Å²) in [7, 11) is 0. The number of rotatable bonds is 3. The van der Waals surface area contributed by atoms with Gasteiger partial charge in [-0.3, -0.25) is 0 Å². The van der Waals surface area contributed by atoms with Crippen molar-refractivity contribution in [2.24, 2.45) is 0 Å². The number of nitrogens with zero attached hydrogens (tertiary/aromatic N) is 1. The molecule has 0 fully saturated rings. The van der Waals surface area contributed by atoms with Gasteiger partial charge < -0.3 is 4.74 Å². The minimum absolute atomic E-state index is 0.401. The van der Waals surface area contributed by atoms with Crippen LogP contribution in [0.15, 0.2) is 46.9 Å². The molecule has 0 saturated heterocycles. The average molecular weight is 323 g/mol. The standard InChI is InChI=1S/C14H9BrClNO/c15-12-4-3-11(14(16)7-12)9-18-13-5-1-10(8-17)2-6-13/h1-7H,9H2. The highest BCUT2D eigenvalue weighted by molar-refractivity contribution is 9.10. The Labute approximate surface area is 119 Å². The van der Waals surface area contributed by atoms with E-state index in [0.717, 1.165) is 10.0 Å². The van der Waals surface area contributed by atoms with Crippen LogP contribution in [0.4, 0.5) is 0 Å². The van der Waals surface area contributed by atoms with E-state index < -0.39 is 0 Å². The Morgan fingerprint density at radius 1 is 1.17 bits per heavy atom. The van der Waals surface area contributed by atoms with Gasteiger partial charge in [-0.25, -0.2) is 0 Å². The van der Waals surface area contributed by atoms with Crippen molar-refractivity contribution in [3.05, 3.63) is 63.1 Å². The summed E-state index contributed by atoms with van der Waals surface area (Å²) in [5.41, 5.74) is 1.54. The highest BCUT2D eigenvalue weighted by Gasteiger charge is 2.02. The quantitative estimate of drug-likeness (QED) is 0.830. The van der Waals surface area contributed by atoms with E-state index in [1.807, 2.05) is 18.2 Å². The monoisotopic (exact) mass is 321 g/mol. The van der Waals surface area contributed by atoms with Gasteiger partial charge in [0.1, 0.15) is 12.4 Å². The lowest BCUT2D eigenvalue weighted by Crippen LogP contribution is -1.96. The lowest BCUT2D eigenvalue weighted by atomic mass is 10.2. The van der Waals surface area contributed by atoms with Crippen LogP contribution < -0.4 is 4.74 Å². The summed E-state index contributed by atoms with van der Waals surface area (Å²) in [6.07, 6.45) is 0. The SMILES string of the molecule is N#Cc1ccc(OCc2ccc(Br)cc2Cl)cc1. The molecule has 4 heteroatoms. The Kier molecular flexibility index (Phi) is 4.24. The number of hydrogen-bond donors (Lipinski definition) is 0. The highest BCUT2D eigenvalue weighted by Crippen LogP contribution is 2.23. The van der Waals surface area contributed by atoms with Gasteiger partial charge in [0.2, 0.25) is 0 Å². The van der Waals surface area contributed by atoms with Gasteiger partial charge >= 0.3 is 0 Å². The third-order valence-corrected chi connectivity index (χ3v) is 3.24.